The monoisotopic (exact) mass is 201 g/mol. The third kappa shape index (κ3) is 2.67. The number of ether oxygens (including phenoxy) is 3. The van der Waals surface area contributed by atoms with Crippen LogP contribution in [0.5, 0.6) is 0 Å². The van der Waals surface area contributed by atoms with Crippen LogP contribution in [0.4, 0.5) is 0 Å². The molecule has 0 spiro atoms. The molecule has 0 bridgehead atoms. The molecule has 2 saturated heterocycles. The van der Waals surface area contributed by atoms with Gasteiger partial charge in [0, 0.05) is 26.1 Å². The maximum absolute atomic E-state index is 5.61. The molecule has 2 aliphatic rings. The zero-order valence-electron chi connectivity index (χ0n) is 8.75. The van der Waals surface area contributed by atoms with Gasteiger partial charge in [0.25, 0.3) is 0 Å². The van der Waals surface area contributed by atoms with Crippen molar-refractivity contribution in [2.45, 2.75) is 31.7 Å². The Kier molecular flexibility index (Phi) is 3.38. The van der Waals surface area contributed by atoms with E-state index in [0.717, 1.165) is 45.8 Å². The fourth-order valence-electron chi connectivity index (χ4n) is 1.72. The second kappa shape index (κ2) is 4.57. The third-order valence-electron chi connectivity index (χ3n) is 2.77. The summed E-state index contributed by atoms with van der Waals surface area (Å²) >= 11 is 0. The predicted octanol–water partition coefficient (Wildman–Crippen LogP) is 0.518. The molecule has 2 rings (SSSR count). The highest BCUT2D eigenvalue weighted by atomic mass is 16.7. The number of rotatable bonds is 5. The van der Waals surface area contributed by atoms with E-state index in [-0.39, 0.29) is 5.79 Å². The van der Waals surface area contributed by atoms with E-state index in [1.807, 2.05) is 6.92 Å². The lowest BCUT2D eigenvalue weighted by molar-refractivity contribution is -0.150. The Morgan fingerprint density at radius 2 is 2.07 bits per heavy atom. The molecule has 0 unspecified atom stereocenters. The molecule has 82 valence electrons. The first-order valence-corrected chi connectivity index (χ1v) is 5.39. The van der Waals surface area contributed by atoms with Gasteiger partial charge in [-0.05, 0) is 13.3 Å². The van der Waals surface area contributed by atoms with Gasteiger partial charge in [-0.25, -0.2) is 0 Å². The maximum Gasteiger partial charge on any atom is 0.165 e. The van der Waals surface area contributed by atoms with Crippen LogP contribution in [-0.4, -0.2) is 44.8 Å². The molecule has 0 amide bonds. The molecule has 4 nitrogen and oxygen atoms in total. The summed E-state index contributed by atoms with van der Waals surface area (Å²) in [6.45, 7) is 6.28. The summed E-state index contributed by atoms with van der Waals surface area (Å²) in [5, 5.41) is 3.18. The van der Waals surface area contributed by atoms with Gasteiger partial charge < -0.3 is 19.5 Å². The Bertz CT molecular complexity index is 176. The molecule has 4 heteroatoms. The highest BCUT2D eigenvalue weighted by Gasteiger charge is 2.30. The zero-order chi connectivity index (χ0) is 9.86. The van der Waals surface area contributed by atoms with Gasteiger partial charge in [-0.3, -0.25) is 0 Å². The molecule has 0 atom stereocenters. The first-order chi connectivity index (χ1) is 6.79. The molecule has 0 saturated carbocycles. The second-order valence-corrected chi connectivity index (χ2v) is 4.09. The van der Waals surface area contributed by atoms with Crippen molar-refractivity contribution in [3.8, 4) is 0 Å². The van der Waals surface area contributed by atoms with Crippen LogP contribution in [0, 0.1) is 0 Å². The fourth-order valence-corrected chi connectivity index (χ4v) is 1.72. The summed E-state index contributed by atoms with van der Waals surface area (Å²) in [5.74, 6) is -0.346. The first-order valence-electron chi connectivity index (χ1n) is 5.39. The van der Waals surface area contributed by atoms with Gasteiger partial charge in [0.1, 0.15) is 0 Å². The van der Waals surface area contributed by atoms with Gasteiger partial charge >= 0.3 is 0 Å². The maximum atomic E-state index is 5.61. The van der Waals surface area contributed by atoms with E-state index in [0.29, 0.717) is 6.10 Å². The van der Waals surface area contributed by atoms with Crippen molar-refractivity contribution < 1.29 is 14.2 Å². The number of nitrogens with one attached hydrogen (secondary N) is 1. The normalized spacial score (nSPS) is 26.4. The fraction of sp³-hybridized carbons (Fsp3) is 1.00. The van der Waals surface area contributed by atoms with Gasteiger partial charge in [0.2, 0.25) is 0 Å². The minimum absolute atomic E-state index is 0.346. The number of hydrogen-bond donors (Lipinski definition) is 1. The molecule has 14 heavy (non-hydrogen) atoms. The smallest absolute Gasteiger partial charge is 0.165 e. The summed E-state index contributed by atoms with van der Waals surface area (Å²) in [4.78, 5) is 0. The molecule has 2 aliphatic heterocycles. The van der Waals surface area contributed by atoms with Crippen LogP contribution in [-0.2, 0) is 14.2 Å². The molecular weight excluding hydrogens is 182 g/mol. The lowest BCUT2D eigenvalue weighted by atomic mass is 10.1. The lowest BCUT2D eigenvalue weighted by Gasteiger charge is -2.28. The van der Waals surface area contributed by atoms with Crippen molar-refractivity contribution in [2.24, 2.45) is 0 Å². The van der Waals surface area contributed by atoms with Crippen LogP contribution in [0.2, 0.25) is 0 Å². The van der Waals surface area contributed by atoms with Crippen molar-refractivity contribution in [1.29, 1.82) is 0 Å². The summed E-state index contributed by atoms with van der Waals surface area (Å²) in [6, 6.07) is 0. The third-order valence-corrected chi connectivity index (χ3v) is 2.77. The van der Waals surface area contributed by atoms with Crippen molar-refractivity contribution in [1.82, 2.24) is 5.32 Å². The van der Waals surface area contributed by atoms with E-state index >= 15 is 0 Å². The van der Waals surface area contributed by atoms with Gasteiger partial charge in [0.15, 0.2) is 5.79 Å². The summed E-state index contributed by atoms with van der Waals surface area (Å²) < 4.78 is 16.6. The Morgan fingerprint density at radius 3 is 2.64 bits per heavy atom. The van der Waals surface area contributed by atoms with Crippen molar-refractivity contribution >= 4 is 0 Å². The Balaban J connectivity index is 1.53. The minimum Gasteiger partial charge on any atom is -0.376 e. The zero-order valence-corrected chi connectivity index (χ0v) is 8.75. The Morgan fingerprint density at radius 1 is 1.36 bits per heavy atom. The highest BCUT2D eigenvalue weighted by molar-refractivity contribution is 4.75. The van der Waals surface area contributed by atoms with Crippen molar-refractivity contribution in [3.63, 3.8) is 0 Å². The Labute approximate surface area is 84.9 Å². The van der Waals surface area contributed by atoms with Gasteiger partial charge in [-0.1, -0.05) is 0 Å². The van der Waals surface area contributed by atoms with Crippen molar-refractivity contribution in [2.75, 3.05) is 32.9 Å². The van der Waals surface area contributed by atoms with E-state index in [9.17, 15) is 0 Å². The SMILES string of the molecule is CC1(CCCOC2CNC2)OCCO1. The van der Waals surface area contributed by atoms with Gasteiger partial charge in [-0.15, -0.1) is 0 Å². The van der Waals surface area contributed by atoms with Gasteiger partial charge in [0.05, 0.1) is 19.3 Å². The average Bonchev–Trinajstić information content (AvgIpc) is 2.49. The largest absolute Gasteiger partial charge is 0.376 e. The molecule has 1 N–H and O–H groups in total. The van der Waals surface area contributed by atoms with E-state index in [2.05, 4.69) is 5.32 Å². The van der Waals surface area contributed by atoms with Crippen LogP contribution in [0.1, 0.15) is 19.8 Å². The van der Waals surface area contributed by atoms with Crippen LogP contribution in [0.3, 0.4) is 0 Å². The van der Waals surface area contributed by atoms with Crippen LogP contribution in [0.25, 0.3) is 0 Å². The van der Waals surface area contributed by atoms with E-state index in [1.165, 1.54) is 0 Å². The molecule has 0 aromatic rings. The van der Waals surface area contributed by atoms with Crippen LogP contribution < -0.4 is 5.32 Å². The van der Waals surface area contributed by atoms with Crippen LogP contribution in [0.15, 0.2) is 0 Å². The first kappa shape index (κ1) is 10.4. The van der Waals surface area contributed by atoms with E-state index in [1.54, 1.807) is 0 Å². The molecule has 0 aromatic carbocycles. The molecule has 0 aromatic heterocycles. The van der Waals surface area contributed by atoms with Gasteiger partial charge in [-0.2, -0.15) is 0 Å². The minimum atomic E-state index is -0.346. The average molecular weight is 201 g/mol. The standard InChI is InChI=1S/C10H19NO3/c1-10(13-5-6-14-10)3-2-4-12-9-7-11-8-9/h9,11H,2-8H2,1H3. The molecule has 2 fully saturated rings. The highest BCUT2D eigenvalue weighted by Crippen LogP contribution is 2.23. The molecule has 0 aliphatic carbocycles. The molecule has 0 radical (unpaired) electrons. The second-order valence-electron chi connectivity index (χ2n) is 4.09. The van der Waals surface area contributed by atoms with Crippen LogP contribution >= 0.6 is 0 Å². The Hall–Kier alpha value is -0.160. The summed E-state index contributed by atoms with van der Waals surface area (Å²) in [6.07, 6.45) is 2.37. The van der Waals surface area contributed by atoms with Crippen molar-refractivity contribution in [3.05, 3.63) is 0 Å². The lowest BCUT2D eigenvalue weighted by Crippen LogP contribution is -2.48. The predicted molar refractivity (Wildman–Crippen MR) is 52.2 cm³/mol. The van der Waals surface area contributed by atoms with E-state index < -0.39 is 0 Å². The van der Waals surface area contributed by atoms with E-state index in [4.69, 9.17) is 14.2 Å². The molecule has 2 heterocycles. The quantitative estimate of drug-likeness (QED) is 0.658. The molecular formula is C10H19NO3. The summed E-state index contributed by atoms with van der Waals surface area (Å²) in [5.41, 5.74) is 0. The topological polar surface area (TPSA) is 39.7 Å². The number of hydrogen-bond acceptors (Lipinski definition) is 4. The summed E-state index contributed by atoms with van der Waals surface area (Å²) in [7, 11) is 0.